The molecule has 184 valence electrons. The van der Waals surface area contributed by atoms with E-state index in [1.165, 1.54) is 30.1 Å². The first kappa shape index (κ1) is 21.8. The van der Waals surface area contributed by atoms with E-state index >= 15 is 0 Å². The van der Waals surface area contributed by atoms with Gasteiger partial charge in [-0.2, -0.15) is 19.9 Å². The highest BCUT2D eigenvalue weighted by molar-refractivity contribution is 6.30. The number of carbonyl (C=O) groups is 1. The molecular weight excluding hydrogens is 478 g/mol. The molecule has 1 aromatic carbocycles. The van der Waals surface area contributed by atoms with E-state index in [2.05, 4.69) is 20.5 Å². The van der Waals surface area contributed by atoms with Gasteiger partial charge in [0.25, 0.3) is 5.56 Å². The van der Waals surface area contributed by atoms with Crippen molar-refractivity contribution in [1.29, 1.82) is 0 Å². The molecule has 9 nitrogen and oxygen atoms in total. The van der Waals surface area contributed by atoms with Gasteiger partial charge in [-0.15, -0.1) is 0 Å². The highest BCUT2D eigenvalue weighted by Crippen LogP contribution is 2.60. The van der Waals surface area contributed by atoms with E-state index in [4.69, 9.17) is 16.6 Å². The number of nitrogens with one attached hydrogen (secondary N) is 2. The number of hydrogen-bond acceptors (Lipinski definition) is 5. The van der Waals surface area contributed by atoms with Crippen LogP contribution in [0, 0.1) is 30.1 Å². The number of hydrogen-bond donors (Lipinski definition) is 2. The van der Waals surface area contributed by atoms with Crippen LogP contribution in [0.25, 0.3) is 22.7 Å². The van der Waals surface area contributed by atoms with Crippen LogP contribution in [0.15, 0.2) is 41.3 Å². The number of amides is 1. The van der Waals surface area contributed by atoms with Gasteiger partial charge in [0, 0.05) is 11.1 Å². The Morgan fingerprint density at radius 2 is 1.75 bits per heavy atom. The number of aryl methyl sites for hydroxylation is 1. The maximum atomic E-state index is 13.7. The third-order valence-electron chi connectivity index (χ3n) is 8.29. The lowest BCUT2D eigenvalue weighted by atomic mass is 9.49. The Balaban J connectivity index is 1.26. The molecule has 0 saturated heterocycles. The molecule has 36 heavy (non-hydrogen) atoms. The first-order valence-corrected chi connectivity index (χ1v) is 12.9. The van der Waals surface area contributed by atoms with Crippen molar-refractivity contribution in [3.8, 4) is 11.6 Å². The average Bonchev–Trinajstić information content (AvgIpc) is 3.42. The molecule has 1 amide bonds. The molecule has 4 fully saturated rings. The van der Waals surface area contributed by atoms with Crippen LogP contribution in [-0.2, 0) is 4.79 Å². The lowest BCUT2D eigenvalue weighted by Crippen LogP contribution is -2.51. The summed E-state index contributed by atoms with van der Waals surface area (Å²) in [4.78, 5) is 34.1. The Labute approximate surface area is 211 Å². The summed E-state index contributed by atoms with van der Waals surface area (Å²) in [6, 6.07) is 8.96. The van der Waals surface area contributed by atoms with E-state index < -0.39 is 0 Å². The van der Waals surface area contributed by atoms with Crippen LogP contribution in [0.4, 0.5) is 5.82 Å². The molecule has 4 aliphatic rings. The van der Waals surface area contributed by atoms with Gasteiger partial charge in [0.2, 0.25) is 11.9 Å². The number of nitrogens with zero attached hydrogens (tertiary/aromatic N) is 5. The Morgan fingerprint density at radius 1 is 1.08 bits per heavy atom. The van der Waals surface area contributed by atoms with Gasteiger partial charge in [0.15, 0.2) is 5.65 Å². The third kappa shape index (κ3) is 3.40. The van der Waals surface area contributed by atoms with Crippen LogP contribution in [-0.4, -0.2) is 35.4 Å². The van der Waals surface area contributed by atoms with E-state index in [0.29, 0.717) is 45.3 Å². The first-order chi connectivity index (χ1) is 17.4. The van der Waals surface area contributed by atoms with Gasteiger partial charge in [-0.3, -0.25) is 14.6 Å². The maximum Gasteiger partial charge on any atom is 0.263 e. The number of aromatic amines is 1. The van der Waals surface area contributed by atoms with E-state index in [1.54, 1.807) is 16.8 Å². The van der Waals surface area contributed by atoms with Crippen LogP contribution in [0.2, 0.25) is 5.02 Å². The summed E-state index contributed by atoms with van der Waals surface area (Å²) in [6.07, 6.45) is 8.23. The summed E-state index contributed by atoms with van der Waals surface area (Å²) >= 11 is 6.03. The van der Waals surface area contributed by atoms with E-state index in [0.717, 1.165) is 24.9 Å². The number of carbonyl (C=O) groups excluding carboxylic acids is 1. The summed E-state index contributed by atoms with van der Waals surface area (Å²) in [5.74, 6) is 2.80. The van der Waals surface area contributed by atoms with Crippen LogP contribution in [0.3, 0.4) is 0 Å². The largest absolute Gasteiger partial charge is 0.310 e. The minimum absolute atomic E-state index is 0.0670. The van der Waals surface area contributed by atoms with Crippen molar-refractivity contribution in [2.24, 2.45) is 23.2 Å². The molecule has 4 saturated carbocycles. The zero-order valence-electron chi connectivity index (χ0n) is 19.9. The third-order valence-corrected chi connectivity index (χ3v) is 8.54. The first-order valence-electron chi connectivity index (χ1n) is 12.5. The molecular formula is C26H26ClN7O2. The molecule has 8 rings (SSSR count). The summed E-state index contributed by atoms with van der Waals surface area (Å²) in [5, 5.41) is 13.0. The molecule has 4 bridgehead atoms. The fraction of sp³-hybridized carbons (Fsp3) is 0.423. The van der Waals surface area contributed by atoms with Gasteiger partial charge < -0.3 is 5.32 Å². The Bertz CT molecular complexity index is 1530. The number of aromatic nitrogens is 6. The van der Waals surface area contributed by atoms with Crippen LogP contribution in [0.1, 0.15) is 44.2 Å². The summed E-state index contributed by atoms with van der Waals surface area (Å²) < 4.78 is 3.10. The van der Waals surface area contributed by atoms with Gasteiger partial charge in [0.1, 0.15) is 11.2 Å². The smallest absolute Gasteiger partial charge is 0.263 e. The molecule has 4 aliphatic carbocycles. The Morgan fingerprint density at radius 3 is 2.42 bits per heavy atom. The van der Waals surface area contributed by atoms with Gasteiger partial charge in [-0.1, -0.05) is 11.6 Å². The van der Waals surface area contributed by atoms with Crippen molar-refractivity contribution in [2.75, 3.05) is 5.32 Å². The zero-order valence-corrected chi connectivity index (χ0v) is 20.6. The number of benzene rings is 1. The minimum Gasteiger partial charge on any atom is -0.310 e. The summed E-state index contributed by atoms with van der Waals surface area (Å²) in [7, 11) is 0. The second kappa shape index (κ2) is 7.77. The van der Waals surface area contributed by atoms with E-state index in [1.807, 2.05) is 25.1 Å². The van der Waals surface area contributed by atoms with Crippen molar-refractivity contribution >= 4 is 34.4 Å². The fourth-order valence-corrected chi connectivity index (χ4v) is 7.29. The normalized spacial score (nSPS) is 26.6. The number of halogens is 1. The molecule has 10 heteroatoms. The average molecular weight is 504 g/mol. The van der Waals surface area contributed by atoms with Gasteiger partial charge >= 0.3 is 0 Å². The highest BCUT2D eigenvalue weighted by Gasteiger charge is 2.54. The topological polar surface area (TPSA) is 110 Å². The van der Waals surface area contributed by atoms with E-state index in [9.17, 15) is 9.59 Å². The summed E-state index contributed by atoms with van der Waals surface area (Å²) in [6.45, 7) is 1.85. The molecule has 3 aromatic heterocycles. The summed E-state index contributed by atoms with van der Waals surface area (Å²) in [5.41, 5.74) is 1.20. The van der Waals surface area contributed by atoms with Gasteiger partial charge in [0.05, 0.1) is 23.0 Å². The van der Waals surface area contributed by atoms with E-state index in [-0.39, 0.29) is 22.8 Å². The predicted octanol–water partition coefficient (Wildman–Crippen LogP) is 4.41. The maximum absolute atomic E-state index is 13.7. The number of rotatable bonds is 4. The zero-order chi connectivity index (χ0) is 24.6. The molecule has 0 atom stereocenters. The molecule has 3 heterocycles. The van der Waals surface area contributed by atoms with Gasteiger partial charge in [-0.25, -0.2) is 4.68 Å². The fourth-order valence-electron chi connectivity index (χ4n) is 7.17. The number of fused-ring (bicyclic) bond motifs is 1. The molecule has 4 aromatic rings. The van der Waals surface area contributed by atoms with Crippen molar-refractivity contribution in [2.45, 2.75) is 45.4 Å². The Hall–Kier alpha value is -3.46. The predicted molar refractivity (Wildman–Crippen MR) is 136 cm³/mol. The minimum atomic E-state index is -0.332. The lowest BCUT2D eigenvalue weighted by Gasteiger charge is -2.55. The van der Waals surface area contributed by atoms with Crippen LogP contribution < -0.4 is 10.9 Å². The highest BCUT2D eigenvalue weighted by atomic mass is 35.5. The number of anilines is 1. The molecule has 0 aliphatic heterocycles. The monoisotopic (exact) mass is 503 g/mol. The molecule has 2 N–H and O–H groups in total. The van der Waals surface area contributed by atoms with Crippen molar-refractivity contribution < 1.29 is 4.79 Å². The number of H-pyrrole nitrogens is 1. The second-order valence-corrected chi connectivity index (χ2v) is 11.3. The quantitative estimate of drug-likeness (QED) is 0.428. The van der Waals surface area contributed by atoms with Gasteiger partial charge in [-0.05, 0) is 87.5 Å². The van der Waals surface area contributed by atoms with Crippen molar-refractivity contribution in [1.82, 2.24) is 29.5 Å². The molecule has 0 spiro atoms. The lowest BCUT2D eigenvalue weighted by molar-refractivity contribution is -0.140. The SMILES string of the molecule is Cc1cc(NC(=O)C23CC4CC(CC(C4)C2)C3)n(-c2nc3c(cnn3-c3ccc(Cl)cc3)c(=O)[nH]2)n1. The van der Waals surface area contributed by atoms with Crippen molar-refractivity contribution in [3.05, 3.63) is 57.6 Å². The molecule has 0 unspecified atom stereocenters. The van der Waals surface area contributed by atoms with Crippen LogP contribution >= 0.6 is 11.6 Å². The second-order valence-electron chi connectivity index (χ2n) is 10.9. The Kier molecular flexibility index (Phi) is 4.70. The van der Waals surface area contributed by atoms with Crippen LogP contribution in [0.5, 0.6) is 0 Å². The van der Waals surface area contributed by atoms with Crippen molar-refractivity contribution in [3.63, 3.8) is 0 Å². The molecule has 0 radical (unpaired) electrons. The standard InChI is InChI=1S/C26H26ClN7O2/c1-14-6-21(29-24(36)26-10-15-7-16(11-26)9-17(8-15)12-26)34(32-14)25-30-22-20(23(35)31-25)13-28-33(22)19-4-2-18(27)3-5-19/h2-6,13,15-17H,7-12H2,1H3,(H,29,36)(H,30,31,35).